The number of ether oxygens (including phenoxy) is 1. The molecule has 1 fully saturated rings. The lowest BCUT2D eigenvalue weighted by atomic mass is 10.1. The molecule has 130 valence electrons. The molecule has 2 rings (SSSR count). The molecule has 2 unspecified atom stereocenters. The summed E-state index contributed by atoms with van der Waals surface area (Å²) in [6, 6.07) is 4.71. The number of hydrogen-bond acceptors (Lipinski definition) is 5. The first-order valence-corrected chi connectivity index (χ1v) is 9.69. The Balaban J connectivity index is 2.08. The number of hydrogen-bond donors (Lipinski definition) is 1. The summed E-state index contributed by atoms with van der Waals surface area (Å²) in [7, 11) is -3.64. The number of piperidine rings is 1. The summed E-state index contributed by atoms with van der Waals surface area (Å²) < 4.78 is 47.2. The standard InChI is InChI=1S/C15H21ClFNO4S/c1-23(19,20)22-10-14(12-6-4-7-13(16)15(12)17)21-9-11-5-2-3-8-18-11/h4,6-7,11,14,18H,2-3,5,8-10H2,1H3. The molecule has 0 aromatic heterocycles. The van der Waals surface area contributed by atoms with Crippen LogP contribution in [-0.2, 0) is 19.0 Å². The maximum atomic E-state index is 14.2. The fraction of sp³-hybridized carbons (Fsp3) is 0.600. The van der Waals surface area contributed by atoms with E-state index in [0.717, 1.165) is 32.1 Å². The molecular weight excluding hydrogens is 345 g/mol. The maximum absolute atomic E-state index is 14.2. The molecule has 0 spiro atoms. The van der Waals surface area contributed by atoms with E-state index >= 15 is 0 Å². The molecule has 5 nitrogen and oxygen atoms in total. The van der Waals surface area contributed by atoms with Crippen molar-refractivity contribution in [2.24, 2.45) is 0 Å². The summed E-state index contributed by atoms with van der Waals surface area (Å²) in [6.07, 6.45) is 3.31. The molecule has 8 heteroatoms. The first-order chi connectivity index (χ1) is 10.9. The summed E-state index contributed by atoms with van der Waals surface area (Å²) in [5.74, 6) is -0.618. The fourth-order valence-corrected chi connectivity index (χ4v) is 3.03. The van der Waals surface area contributed by atoms with Crippen LogP contribution >= 0.6 is 11.6 Å². The van der Waals surface area contributed by atoms with Gasteiger partial charge in [0.2, 0.25) is 0 Å². The van der Waals surface area contributed by atoms with Crippen LogP contribution < -0.4 is 5.32 Å². The van der Waals surface area contributed by atoms with Gasteiger partial charge in [-0.2, -0.15) is 8.42 Å². The Labute approximate surface area is 141 Å². The number of benzene rings is 1. The van der Waals surface area contributed by atoms with Gasteiger partial charge in [0.1, 0.15) is 11.9 Å². The quantitative estimate of drug-likeness (QED) is 0.752. The van der Waals surface area contributed by atoms with Crippen LogP contribution in [0.15, 0.2) is 18.2 Å². The molecule has 1 aliphatic heterocycles. The van der Waals surface area contributed by atoms with Crippen molar-refractivity contribution in [2.75, 3.05) is 26.0 Å². The van der Waals surface area contributed by atoms with Crippen molar-refractivity contribution < 1.29 is 21.7 Å². The van der Waals surface area contributed by atoms with Crippen molar-refractivity contribution in [2.45, 2.75) is 31.4 Å². The topological polar surface area (TPSA) is 64.6 Å². The molecule has 1 aromatic carbocycles. The molecule has 0 bridgehead atoms. The van der Waals surface area contributed by atoms with Gasteiger partial charge in [-0.05, 0) is 25.5 Å². The van der Waals surface area contributed by atoms with Crippen LogP contribution in [-0.4, -0.2) is 40.5 Å². The van der Waals surface area contributed by atoms with Gasteiger partial charge in [-0.1, -0.05) is 30.2 Å². The van der Waals surface area contributed by atoms with Gasteiger partial charge >= 0.3 is 0 Å². The summed E-state index contributed by atoms with van der Waals surface area (Å²) >= 11 is 5.79. The summed E-state index contributed by atoms with van der Waals surface area (Å²) in [6.45, 7) is 0.983. The Morgan fingerprint density at radius 2 is 2.22 bits per heavy atom. The fourth-order valence-electron chi connectivity index (χ4n) is 2.48. The molecule has 0 saturated carbocycles. The van der Waals surface area contributed by atoms with E-state index in [1.807, 2.05) is 0 Å². The van der Waals surface area contributed by atoms with E-state index < -0.39 is 22.0 Å². The van der Waals surface area contributed by atoms with E-state index in [1.165, 1.54) is 12.1 Å². The van der Waals surface area contributed by atoms with Crippen LogP contribution in [0.3, 0.4) is 0 Å². The van der Waals surface area contributed by atoms with Crippen LogP contribution in [0.2, 0.25) is 5.02 Å². The van der Waals surface area contributed by atoms with Crippen molar-refractivity contribution in [3.8, 4) is 0 Å². The maximum Gasteiger partial charge on any atom is 0.264 e. The molecule has 23 heavy (non-hydrogen) atoms. The molecule has 0 aliphatic carbocycles. The summed E-state index contributed by atoms with van der Waals surface area (Å²) in [4.78, 5) is 0. The smallest absolute Gasteiger partial charge is 0.264 e. The van der Waals surface area contributed by atoms with Gasteiger partial charge in [0.05, 0.1) is 24.5 Å². The molecule has 1 aliphatic rings. The van der Waals surface area contributed by atoms with Crippen LogP contribution in [0.5, 0.6) is 0 Å². The molecular formula is C15H21ClFNO4S. The average molecular weight is 366 g/mol. The van der Waals surface area contributed by atoms with Gasteiger partial charge in [-0.15, -0.1) is 0 Å². The van der Waals surface area contributed by atoms with Crippen LogP contribution in [0.4, 0.5) is 4.39 Å². The van der Waals surface area contributed by atoms with Crippen molar-refractivity contribution in [1.82, 2.24) is 5.32 Å². The highest BCUT2D eigenvalue weighted by Crippen LogP contribution is 2.27. The van der Waals surface area contributed by atoms with E-state index in [1.54, 1.807) is 6.07 Å². The lowest BCUT2D eigenvalue weighted by Gasteiger charge is -2.26. The highest BCUT2D eigenvalue weighted by Gasteiger charge is 2.22. The van der Waals surface area contributed by atoms with E-state index in [-0.39, 0.29) is 23.2 Å². The third kappa shape index (κ3) is 6.00. The predicted octanol–water partition coefficient (Wildman–Crippen LogP) is 2.66. The van der Waals surface area contributed by atoms with Crippen molar-refractivity contribution in [3.05, 3.63) is 34.6 Å². The Bertz CT molecular complexity index is 620. The van der Waals surface area contributed by atoms with Gasteiger partial charge in [-0.25, -0.2) is 4.39 Å². The first kappa shape index (κ1) is 18.6. The zero-order chi connectivity index (χ0) is 16.9. The van der Waals surface area contributed by atoms with Gasteiger partial charge in [-0.3, -0.25) is 4.18 Å². The molecule has 1 N–H and O–H groups in total. The van der Waals surface area contributed by atoms with Crippen LogP contribution in [0.25, 0.3) is 0 Å². The van der Waals surface area contributed by atoms with E-state index in [0.29, 0.717) is 6.61 Å². The Morgan fingerprint density at radius 1 is 1.43 bits per heavy atom. The molecule has 1 saturated heterocycles. The lowest BCUT2D eigenvalue weighted by molar-refractivity contribution is 0.00400. The second-order valence-electron chi connectivity index (χ2n) is 5.60. The highest BCUT2D eigenvalue weighted by atomic mass is 35.5. The van der Waals surface area contributed by atoms with Gasteiger partial charge < -0.3 is 10.1 Å². The van der Waals surface area contributed by atoms with Gasteiger partial charge in [0.25, 0.3) is 10.1 Å². The van der Waals surface area contributed by atoms with E-state index in [2.05, 4.69) is 5.32 Å². The van der Waals surface area contributed by atoms with E-state index in [4.69, 9.17) is 20.5 Å². The van der Waals surface area contributed by atoms with Gasteiger partial charge in [0, 0.05) is 11.6 Å². The van der Waals surface area contributed by atoms with Crippen LogP contribution in [0, 0.1) is 5.82 Å². The monoisotopic (exact) mass is 365 g/mol. The summed E-state index contributed by atoms with van der Waals surface area (Å²) in [5, 5.41) is 3.28. The minimum atomic E-state index is -3.64. The van der Waals surface area contributed by atoms with Gasteiger partial charge in [0.15, 0.2) is 0 Å². The van der Waals surface area contributed by atoms with E-state index in [9.17, 15) is 12.8 Å². The molecule has 2 atom stereocenters. The van der Waals surface area contributed by atoms with Crippen LogP contribution in [0.1, 0.15) is 30.9 Å². The largest absolute Gasteiger partial charge is 0.369 e. The normalized spacial score (nSPS) is 20.4. The zero-order valence-electron chi connectivity index (χ0n) is 12.9. The molecule has 1 aromatic rings. The average Bonchev–Trinajstić information content (AvgIpc) is 2.51. The molecule has 1 heterocycles. The Kier molecular flexibility index (Phi) is 6.79. The minimum Gasteiger partial charge on any atom is -0.369 e. The third-order valence-corrected chi connectivity index (χ3v) is 4.53. The second-order valence-corrected chi connectivity index (χ2v) is 7.65. The molecule has 0 radical (unpaired) electrons. The Hall–Kier alpha value is -0.730. The third-order valence-electron chi connectivity index (χ3n) is 3.67. The molecule has 0 amide bonds. The Morgan fingerprint density at radius 3 is 2.87 bits per heavy atom. The summed E-state index contributed by atoms with van der Waals surface area (Å²) in [5.41, 5.74) is 0.192. The zero-order valence-corrected chi connectivity index (χ0v) is 14.5. The SMILES string of the molecule is CS(=O)(=O)OCC(OCC1CCCCN1)c1cccc(Cl)c1F. The number of nitrogens with one attached hydrogen (secondary N) is 1. The van der Waals surface area contributed by atoms with Crippen molar-refractivity contribution in [3.63, 3.8) is 0 Å². The van der Waals surface area contributed by atoms with Crippen molar-refractivity contribution in [1.29, 1.82) is 0 Å². The highest BCUT2D eigenvalue weighted by molar-refractivity contribution is 7.85. The minimum absolute atomic E-state index is 0.0359. The lowest BCUT2D eigenvalue weighted by Crippen LogP contribution is -2.38. The number of rotatable bonds is 7. The predicted molar refractivity (Wildman–Crippen MR) is 86.5 cm³/mol. The van der Waals surface area contributed by atoms with Crippen molar-refractivity contribution >= 4 is 21.7 Å². The number of halogens is 2. The first-order valence-electron chi connectivity index (χ1n) is 7.50. The second kappa shape index (κ2) is 8.39.